The second-order valence-corrected chi connectivity index (χ2v) is 3.08. The Kier molecular flexibility index (Phi) is 3.64. The molecule has 0 unspecified atom stereocenters. The average molecular weight is 198 g/mol. The van der Waals surface area contributed by atoms with Gasteiger partial charge in [-0.2, -0.15) is 0 Å². The third-order valence-corrected chi connectivity index (χ3v) is 1.96. The number of hydrogen-bond donors (Lipinski definition) is 2. The van der Waals surface area contributed by atoms with Crippen LogP contribution in [0.15, 0.2) is 11.6 Å². The lowest BCUT2D eigenvalue weighted by atomic mass is 10.1. The molecule has 0 bridgehead atoms. The maximum atomic E-state index is 11.5. The smallest absolute Gasteiger partial charge is 0.341 e. The lowest BCUT2D eigenvalue weighted by Gasteiger charge is -2.26. The van der Waals surface area contributed by atoms with Crippen molar-refractivity contribution in [2.24, 2.45) is 0 Å². The summed E-state index contributed by atoms with van der Waals surface area (Å²) in [5, 5.41) is 10.1. The zero-order valence-corrected chi connectivity index (χ0v) is 8.12. The first-order valence-corrected chi connectivity index (χ1v) is 4.65. The molecule has 1 aliphatic heterocycles. The first kappa shape index (κ1) is 10.7. The largest absolute Gasteiger partial charge is 0.478 e. The van der Waals surface area contributed by atoms with Crippen LogP contribution in [0.1, 0.15) is 19.8 Å². The minimum absolute atomic E-state index is 0.139. The van der Waals surface area contributed by atoms with Gasteiger partial charge in [0.25, 0.3) is 5.91 Å². The van der Waals surface area contributed by atoms with Crippen molar-refractivity contribution in [2.45, 2.75) is 19.8 Å². The van der Waals surface area contributed by atoms with Crippen LogP contribution in [0.25, 0.3) is 0 Å². The van der Waals surface area contributed by atoms with Gasteiger partial charge in [0.2, 0.25) is 0 Å². The summed E-state index contributed by atoms with van der Waals surface area (Å²) in [6, 6.07) is 0. The number of hydrogen-bond acceptors (Lipinski definition) is 3. The Morgan fingerprint density at radius 1 is 1.71 bits per heavy atom. The summed E-state index contributed by atoms with van der Waals surface area (Å²) in [6.45, 7) is 3.20. The van der Waals surface area contributed by atoms with Crippen LogP contribution in [0.3, 0.4) is 0 Å². The standard InChI is InChI=1S/C9H14N2O3/c1-2-5-10-11-6-3-4-7(8(11)12)9(13)14/h4,10H,2-3,5-6H2,1H3,(H,13,14). The second-order valence-electron chi connectivity index (χ2n) is 3.08. The molecule has 0 radical (unpaired) electrons. The highest BCUT2D eigenvalue weighted by atomic mass is 16.4. The van der Waals surface area contributed by atoms with E-state index in [9.17, 15) is 9.59 Å². The van der Waals surface area contributed by atoms with Crippen molar-refractivity contribution in [1.82, 2.24) is 10.4 Å². The first-order chi connectivity index (χ1) is 6.66. The van der Waals surface area contributed by atoms with E-state index in [1.807, 2.05) is 6.92 Å². The van der Waals surface area contributed by atoms with Gasteiger partial charge in [0.1, 0.15) is 5.57 Å². The van der Waals surface area contributed by atoms with Gasteiger partial charge in [-0.1, -0.05) is 13.0 Å². The number of carboxylic acid groups (broad SMARTS) is 1. The maximum absolute atomic E-state index is 11.5. The number of carbonyl (C=O) groups excluding carboxylic acids is 1. The quantitative estimate of drug-likeness (QED) is 0.631. The molecule has 1 amide bonds. The van der Waals surface area contributed by atoms with Gasteiger partial charge < -0.3 is 5.11 Å². The van der Waals surface area contributed by atoms with Crippen LogP contribution in [0.2, 0.25) is 0 Å². The number of aliphatic carboxylic acids is 1. The Bertz CT molecular complexity index is 273. The van der Waals surface area contributed by atoms with Gasteiger partial charge >= 0.3 is 5.97 Å². The molecule has 0 aromatic heterocycles. The molecule has 0 aromatic carbocycles. The predicted molar refractivity (Wildman–Crippen MR) is 50.3 cm³/mol. The molecule has 1 heterocycles. The Morgan fingerprint density at radius 3 is 3.00 bits per heavy atom. The lowest BCUT2D eigenvalue weighted by molar-refractivity contribution is -0.139. The summed E-state index contributed by atoms with van der Waals surface area (Å²) in [5.41, 5.74) is 2.75. The van der Waals surface area contributed by atoms with E-state index in [-0.39, 0.29) is 5.57 Å². The Labute approximate surface area is 82.4 Å². The SMILES string of the molecule is CCCNN1CCC=C(C(=O)O)C1=O. The van der Waals surface area contributed by atoms with E-state index in [4.69, 9.17) is 5.11 Å². The fourth-order valence-corrected chi connectivity index (χ4v) is 1.25. The normalized spacial score (nSPS) is 16.8. The van der Waals surface area contributed by atoms with E-state index in [2.05, 4.69) is 5.43 Å². The van der Waals surface area contributed by atoms with Crippen molar-refractivity contribution >= 4 is 11.9 Å². The third kappa shape index (κ3) is 2.32. The molecule has 0 aromatic rings. The van der Waals surface area contributed by atoms with Crippen molar-refractivity contribution in [3.05, 3.63) is 11.6 Å². The summed E-state index contributed by atoms with van der Waals surface area (Å²) in [4.78, 5) is 22.1. The molecular formula is C9H14N2O3. The highest BCUT2D eigenvalue weighted by Gasteiger charge is 2.26. The van der Waals surface area contributed by atoms with Crippen LogP contribution < -0.4 is 5.43 Å². The number of carboxylic acids is 1. The predicted octanol–water partition coefficient (Wildman–Crippen LogP) is 0.144. The summed E-state index contributed by atoms with van der Waals surface area (Å²) in [6.07, 6.45) is 2.95. The van der Waals surface area contributed by atoms with Gasteiger partial charge in [-0.25, -0.2) is 10.2 Å². The highest BCUT2D eigenvalue weighted by molar-refractivity contribution is 6.15. The van der Waals surface area contributed by atoms with Crippen molar-refractivity contribution < 1.29 is 14.7 Å². The van der Waals surface area contributed by atoms with E-state index >= 15 is 0 Å². The van der Waals surface area contributed by atoms with E-state index in [0.29, 0.717) is 19.5 Å². The molecule has 0 saturated heterocycles. The second kappa shape index (κ2) is 4.76. The number of nitrogens with one attached hydrogen (secondary N) is 1. The average Bonchev–Trinajstić information content (AvgIpc) is 2.16. The highest BCUT2D eigenvalue weighted by Crippen LogP contribution is 2.09. The van der Waals surface area contributed by atoms with Crippen molar-refractivity contribution in [1.29, 1.82) is 0 Å². The van der Waals surface area contributed by atoms with Crippen LogP contribution in [0.4, 0.5) is 0 Å². The van der Waals surface area contributed by atoms with E-state index in [0.717, 1.165) is 6.42 Å². The molecule has 2 N–H and O–H groups in total. The van der Waals surface area contributed by atoms with Crippen molar-refractivity contribution in [3.8, 4) is 0 Å². The van der Waals surface area contributed by atoms with Gasteiger partial charge in [0.05, 0.1) is 0 Å². The molecule has 5 heteroatoms. The number of carbonyl (C=O) groups is 2. The molecule has 78 valence electrons. The summed E-state index contributed by atoms with van der Waals surface area (Å²) >= 11 is 0. The van der Waals surface area contributed by atoms with Gasteiger partial charge in [0.15, 0.2) is 0 Å². The minimum Gasteiger partial charge on any atom is -0.478 e. The first-order valence-electron chi connectivity index (χ1n) is 4.65. The summed E-state index contributed by atoms with van der Waals surface area (Å²) in [7, 11) is 0. The van der Waals surface area contributed by atoms with Gasteiger partial charge in [-0.15, -0.1) is 0 Å². The Balaban J connectivity index is 2.63. The van der Waals surface area contributed by atoms with Crippen LogP contribution in [-0.4, -0.2) is 35.1 Å². The summed E-state index contributed by atoms with van der Waals surface area (Å²) in [5.74, 6) is -1.60. The lowest BCUT2D eigenvalue weighted by Crippen LogP contribution is -2.47. The van der Waals surface area contributed by atoms with Gasteiger partial charge in [0, 0.05) is 13.1 Å². The Hall–Kier alpha value is -1.36. The molecule has 1 rings (SSSR count). The molecule has 5 nitrogen and oxygen atoms in total. The third-order valence-electron chi connectivity index (χ3n) is 1.96. The molecule has 0 fully saturated rings. The maximum Gasteiger partial charge on any atom is 0.341 e. The van der Waals surface area contributed by atoms with Gasteiger partial charge in [-0.05, 0) is 12.8 Å². The zero-order chi connectivity index (χ0) is 10.6. The molecular weight excluding hydrogens is 184 g/mol. The Morgan fingerprint density at radius 2 is 2.43 bits per heavy atom. The van der Waals surface area contributed by atoms with Crippen LogP contribution >= 0.6 is 0 Å². The minimum atomic E-state index is -1.15. The molecule has 1 aliphatic rings. The van der Waals surface area contributed by atoms with Gasteiger partial charge in [-0.3, -0.25) is 9.80 Å². The monoisotopic (exact) mass is 198 g/mol. The number of nitrogens with zero attached hydrogens (tertiary/aromatic N) is 1. The van der Waals surface area contributed by atoms with Crippen molar-refractivity contribution in [2.75, 3.05) is 13.1 Å². The molecule has 0 saturated carbocycles. The fourth-order valence-electron chi connectivity index (χ4n) is 1.25. The summed E-state index contributed by atoms with van der Waals surface area (Å²) < 4.78 is 0. The number of rotatable bonds is 4. The molecule has 14 heavy (non-hydrogen) atoms. The fraction of sp³-hybridized carbons (Fsp3) is 0.556. The molecule has 0 atom stereocenters. The van der Waals surface area contributed by atoms with Crippen molar-refractivity contribution in [3.63, 3.8) is 0 Å². The van der Waals surface area contributed by atoms with E-state index in [1.165, 1.54) is 11.1 Å². The van der Waals surface area contributed by atoms with E-state index in [1.54, 1.807) is 0 Å². The number of hydrazine groups is 1. The van der Waals surface area contributed by atoms with E-state index < -0.39 is 11.9 Å². The van der Waals surface area contributed by atoms with Crippen LogP contribution in [-0.2, 0) is 9.59 Å². The zero-order valence-electron chi connectivity index (χ0n) is 8.12. The number of amides is 1. The molecule has 0 aliphatic carbocycles. The topological polar surface area (TPSA) is 69.6 Å². The van der Waals surface area contributed by atoms with Crippen LogP contribution in [0.5, 0.6) is 0 Å². The van der Waals surface area contributed by atoms with Crippen LogP contribution in [0, 0.1) is 0 Å². The molecule has 0 spiro atoms.